The fourth-order valence-electron chi connectivity index (χ4n) is 8.07. The lowest BCUT2D eigenvalue weighted by Gasteiger charge is -2.30. The predicted octanol–water partition coefficient (Wildman–Crippen LogP) is 7.78. The number of rotatable bonds is 6. The SMILES string of the molecule is COC(=O)NC(C(=O)N1CCCC1c1ncc(-c2ccc3c(c2)COc2cc4c(ccc5[nH]c(C6CCCN6C(=O)OC(C)(C)C)nc54)cc2-3)[nH]1)C(C)C. The Morgan fingerprint density at radius 2 is 1.70 bits per heavy atom. The molecule has 3 N–H and O–H groups in total. The Kier molecular flexibility index (Phi) is 8.98. The van der Waals surface area contributed by atoms with Crippen molar-refractivity contribution in [2.45, 2.75) is 90.6 Å². The molecule has 3 aromatic carbocycles. The van der Waals surface area contributed by atoms with Crippen LogP contribution in [0.1, 0.15) is 89.6 Å². The largest absolute Gasteiger partial charge is 0.488 e. The first-order valence-electron chi connectivity index (χ1n) is 18.8. The highest BCUT2D eigenvalue weighted by Gasteiger charge is 2.38. The van der Waals surface area contributed by atoms with Gasteiger partial charge in [0.2, 0.25) is 5.91 Å². The van der Waals surface area contributed by atoms with Crippen LogP contribution in [-0.2, 0) is 20.9 Å². The molecule has 2 saturated heterocycles. The summed E-state index contributed by atoms with van der Waals surface area (Å²) in [6.45, 7) is 11.1. The molecule has 3 unspecified atom stereocenters. The third-order valence-corrected chi connectivity index (χ3v) is 10.7. The van der Waals surface area contributed by atoms with Gasteiger partial charge in [-0.15, -0.1) is 0 Å². The van der Waals surface area contributed by atoms with Crippen molar-refractivity contribution in [1.82, 2.24) is 35.1 Å². The maximum Gasteiger partial charge on any atom is 0.410 e. The Morgan fingerprint density at radius 1 is 0.944 bits per heavy atom. The minimum Gasteiger partial charge on any atom is -0.488 e. The first kappa shape index (κ1) is 35.4. The van der Waals surface area contributed by atoms with E-state index in [2.05, 4.69) is 57.7 Å². The summed E-state index contributed by atoms with van der Waals surface area (Å²) in [4.78, 5) is 59.0. The first-order valence-corrected chi connectivity index (χ1v) is 18.8. The molecule has 3 aliphatic rings. The number of fused-ring (bicyclic) bond motifs is 6. The van der Waals surface area contributed by atoms with Crippen LogP contribution >= 0.6 is 0 Å². The van der Waals surface area contributed by atoms with E-state index in [1.54, 1.807) is 4.90 Å². The van der Waals surface area contributed by atoms with E-state index in [1.807, 2.05) is 45.7 Å². The van der Waals surface area contributed by atoms with Crippen LogP contribution in [-0.4, -0.2) is 79.7 Å². The molecule has 3 aliphatic heterocycles. The molecule has 8 rings (SSSR count). The number of H-pyrrole nitrogens is 2. The molecule has 5 heterocycles. The smallest absolute Gasteiger partial charge is 0.410 e. The van der Waals surface area contributed by atoms with Crippen molar-refractivity contribution in [2.24, 2.45) is 5.92 Å². The zero-order valence-electron chi connectivity index (χ0n) is 31.6. The van der Waals surface area contributed by atoms with Crippen LogP contribution in [0.15, 0.2) is 48.7 Å². The number of hydrogen-bond donors (Lipinski definition) is 3. The molecule has 0 saturated carbocycles. The van der Waals surface area contributed by atoms with Gasteiger partial charge in [0.25, 0.3) is 0 Å². The molecule has 3 amide bonds. The van der Waals surface area contributed by atoms with Gasteiger partial charge in [-0.25, -0.2) is 19.6 Å². The lowest BCUT2D eigenvalue weighted by Crippen LogP contribution is -2.51. The molecule has 0 radical (unpaired) electrons. The third kappa shape index (κ3) is 6.49. The number of amides is 3. The van der Waals surface area contributed by atoms with Gasteiger partial charge >= 0.3 is 12.2 Å². The first-order chi connectivity index (χ1) is 25.9. The Labute approximate surface area is 313 Å². The second kappa shape index (κ2) is 13.7. The number of carbonyl (C=O) groups excluding carboxylic acids is 3. The highest BCUT2D eigenvalue weighted by Crippen LogP contribution is 2.43. The van der Waals surface area contributed by atoms with E-state index in [-0.39, 0.29) is 30.0 Å². The molecule has 13 heteroatoms. The van der Waals surface area contributed by atoms with E-state index < -0.39 is 17.7 Å². The van der Waals surface area contributed by atoms with Crippen LogP contribution in [0.2, 0.25) is 0 Å². The van der Waals surface area contributed by atoms with Crippen molar-refractivity contribution in [3.63, 3.8) is 0 Å². The number of nitrogens with one attached hydrogen (secondary N) is 3. The molecule has 54 heavy (non-hydrogen) atoms. The third-order valence-electron chi connectivity index (χ3n) is 10.7. The van der Waals surface area contributed by atoms with Crippen molar-refractivity contribution in [2.75, 3.05) is 20.2 Å². The van der Waals surface area contributed by atoms with E-state index in [4.69, 9.17) is 24.2 Å². The van der Waals surface area contributed by atoms with E-state index in [0.717, 1.165) is 92.8 Å². The number of carbonyl (C=O) groups is 3. The van der Waals surface area contributed by atoms with Crippen LogP contribution in [0.4, 0.5) is 9.59 Å². The summed E-state index contributed by atoms with van der Waals surface area (Å²) in [5.41, 5.74) is 6.21. The van der Waals surface area contributed by atoms with E-state index in [0.29, 0.717) is 19.7 Å². The maximum atomic E-state index is 13.6. The maximum absolute atomic E-state index is 13.6. The van der Waals surface area contributed by atoms with E-state index >= 15 is 0 Å². The van der Waals surface area contributed by atoms with Gasteiger partial charge in [0.1, 0.15) is 35.6 Å². The quantitative estimate of drug-likeness (QED) is 0.160. The van der Waals surface area contributed by atoms with Gasteiger partial charge < -0.3 is 34.4 Å². The molecule has 0 aliphatic carbocycles. The average molecular weight is 734 g/mol. The number of alkyl carbamates (subject to hydrolysis) is 1. The second-order valence-electron chi connectivity index (χ2n) is 15.9. The van der Waals surface area contributed by atoms with Gasteiger partial charge in [0, 0.05) is 24.0 Å². The lowest BCUT2D eigenvalue weighted by molar-refractivity contribution is -0.135. The van der Waals surface area contributed by atoms with E-state index in [1.165, 1.54) is 7.11 Å². The molecule has 5 aromatic rings. The Morgan fingerprint density at radius 3 is 2.44 bits per heavy atom. The van der Waals surface area contributed by atoms with Crippen LogP contribution < -0.4 is 10.1 Å². The van der Waals surface area contributed by atoms with Crippen molar-refractivity contribution in [3.8, 4) is 28.1 Å². The summed E-state index contributed by atoms with van der Waals surface area (Å²) >= 11 is 0. The molecule has 3 atom stereocenters. The highest BCUT2D eigenvalue weighted by molar-refractivity contribution is 6.07. The van der Waals surface area contributed by atoms with Crippen LogP contribution in [0.25, 0.3) is 44.2 Å². The predicted molar refractivity (Wildman–Crippen MR) is 204 cm³/mol. The summed E-state index contributed by atoms with van der Waals surface area (Å²) < 4.78 is 16.9. The van der Waals surface area contributed by atoms with Crippen LogP contribution in [0.5, 0.6) is 5.75 Å². The number of aromatic amines is 2. The zero-order valence-corrected chi connectivity index (χ0v) is 31.6. The summed E-state index contributed by atoms with van der Waals surface area (Å²) in [5.74, 6) is 2.04. The second-order valence-corrected chi connectivity index (χ2v) is 15.9. The number of imidazole rings is 2. The van der Waals surface area contributed by atoms with Crippen LogP contribution in [0.3, 0.4) is 0 Å². The molecular formula is C41H47N7O6. The number of nitrogens with zero attached hydrogens (tertiary/aromatic N) is 4. The summed E-state index contributed by atoms with van der Waals surface area (Å²) in [6.07, 6.45) is 4.22. The fourth-order valence-corrected chi connectivity index (χ4v) is 8.07. The number of ether oxygens (including phenoxy) is 3. The van der Waals surface area contributed by atoms with Gasteiger partial charge in [-0.3, -0.25) is 9.69 Å². The summed E-state index contributed by atoms with van der Waals surface area (Å²) in [6, 6.07) is 13.7. The van der Waals surface area contributed by atoms with Gasteiger partial charge in [-0.05, 0) is 98.7 Å². The average Bonchev–Trinajstić information content (AvgIpc) is 3.97. The summed E-state index contributed by atoms with van der Waals surface area (Å²) in [5, 5.41) is 4.74. The lowest BCUT2D eigenvalue weighted by atomic mass is 9.92. The molecule has 13 nitrogen and oxygen atoms in total. The zero-order chi connectivity index (χ0) is 37.9. The number of hydrogen-bond acceptors (Lipinski definition) is 8. The van der Waals surface area contributed by atoms with Crippen molar-refractivity contribution in [3.05, 3.63) is 65.9 Å². The standard InChI is InChI=1S/C41H47N7O6/c1-22(2)34(46-39(50)52-6)38(49)47-15-7-9-31(47)36-42-20-30(44-36)24-11-13-26-25(17-24)21-53-33-19-27-23(18-28(26)33)12-14-29-35(27)45-37(43-29)32-10-8-16-48(32)40(51)54-41(3,4)5/h11-14,17-20,22,31-32,34H,7-10,15-16,21H2,1-6H3,(H,42,44)(H,43,45)(H,46,50). The molecule has 2 fully saturated rings. The van der Waals surface area contributed by atoms with Gasteiger partial charge in [0.05, 0.1) is 42.1 Å². The van der Waals surface area contributed by atoms with Gasteiger partial charge in [0.15, 0.2) is 0 Å². The normalized spacial score (nSPS) is 18.8. The minimum atomic E-state index is -0.690. The molecular weight excluding hydrogens is 686 g/mol. The van der Waals surface area contributed by atoms with Gasteiger partial charge in [-0.2, -0.15) is 0 Å². The Hall–Kier alpha value is -5.59. The van der Waals surface area contributed by atoms with Crippen molar-refractivity contribution >= 4 is 39.9 Å². The minimum absolute atomic E-state index is 0.106. The number of benzene rings is 3. The van der Waals surface area contributed by atoms with Crippen molar-refractivity contribution < 1.29 is 28.6 Å². The number of methoxy groups -OCH3 is 1. The van der Waals surface area contributed by atoms with Crippen LogP contribution in [0, 0.1) is 5.92 Å². The van der Waals surface area contributed by atoms with Gasteiger partial charge in [-0.1, -0.05) is 32.0 Å². The van der Waals surface area contributed by atoms with Crippen molar-refractivity contribution in [1.29, 1.82) is 0 Å². The molecule has 282 valence electrons. The van der Waals surface area contributed by atoms with E-state index in [9.17, 15) is 14.4 Å². The Balaban J connectivity index is 1.04. The molecule has 2 aromatic heterocycles. The topological polar surface area (TPSA) is 155 Å². The monoisotopic (exact) mass is 733 g/mol. The molecule has 0 bridgehead atoms. The highest BCUT2D eigenvalue weighted by atomic mass is 16.6. The molecule has 0 spiro atoms. The number of aromatic nitrogens is 4. The Bertz CT molecular complexity index is 2270. The summed E-state index contributed by atoms with van der Waals surface area (Å²) in [7, 11) is 1.29. The fraction of sp³-hybridized carbons (Fsp3) is 0.439. The number of likely N-dealkylation sites (tertiary alicyclic amines) is 2.